The average molecular weight is 152 g/mol. The third-order valence-corrected chi connectivity index (χ3v) is 1.35. The summed E-state index contributed by atoms with van der Waals surface area (Å²) in [6.07, 6.45) is 1.80. The second kappa shape index (κ2) is 4.52. The Kier molecular flexibility index (Phi) is 4.00. The Hall–Kier alpha value is -1.28. The van der Waals surface area contributed by atoms with E-state index >= 15 is 0 Å². The average Bonchev–Trinajstić information content (AvgIpc) is 2.05. The molecular formula is C9H12O2. The van der Waals surface area contributed by atoms with E-state index in [4.69, 9.17) is 4.74 Å². The van der Waals surface area contributed by atoms with Crippen molar-refractivity contribution in [1.82, 2.24) is 0 Å². The number of hydrogen-bond donors (Lipinski definition) is 0. The number of rotatable bonds is 2. The van der Waals surface area contributed by atoms with Crippen LogP contribution < -0.4 is 4.74 Å². The first-order valence-corrected chi connectivity index (χ1v) is 3.13. The van der Waals surface area contributed by atoms with Crippen molar-refractivity contribution < 1.29 is 10.2 Å². The molecule has 2 N–H and O–H groups in total. The van der Waals surface area contributed by atoms with Crippen molar-refractivity contribution in [3.05, 3.63) is 36.4 Å². The molecule has 0 aliphatic heterocycles. The van der Waals surface area contributed by atoms with Gasteiger partial charge in [0, 0.05) is 0 Å². The molecule has 0 saturated carbocycles. The zero-order valence-corrected chi connectivity index (χ0v) is 6.50. The summed E-state index contributed by atoms with van der Waals surface area (Å²) in [5, 5.41) is 0. The van der Waals surface area contributed by atoms with Crippen molar-refractivity contribution >= 4 is 6.08 Å². The largest absolute Gasteiger partial charge is 0.497 e. The number of ether oxygens (including phenoxy) is 1. The molecule has 0 spiro atoms. The Morgan fingerprint density at radius 2 is 1.82 bits per heavy atom. The van der Waals surface area contributed by atoms with Gasteiger partial charge in [-0.15, -0.1) is 0 Å². The van der Waals surface area contributed by atoms with Gasteiger partial charge in [0.15, 0.2) is 0 Å². The molecule has 0 radical (unpaired) electrons. The summed E-state index contributed by atoms with van der Waals surface area (Å²) in [5.74, 6) is 0.880. The minimum atomic E-state index is 0. The van der Waals surface area contributed by atoms with Crippen LogP contribution in [0.15, 0.2) is 30.8 Å². The maximum absolute atomic E-state index is 4.98. The van der Waals surface area contributed by atoms with Gasteiger partial charge >= 0.3 is 0 Å². The topological polar surface area (TPSA) is 40.7 Å². The van der Waals surface area contributed by atoms with Gasteiger partial charge in [-0.3, -0.25) is 0 Å². The molecule has 1 aromatic carbocycles. The predicted octanol–water partition coefficient (Wildman–Crippen LogP) is 1.51. The molecule has 0 heterocycles. The molecular weight excluding hydrogens is 140 g/mol. The van der Waals surface area contributed by atoms with Crippen LogP contribution in [-0.2, 0) is 0 Å². The summed E-state index contributed by atoms with van der Waals surface area (Å²) in [7, 11) is 1.66. The van der Waals surface area contributed by atoms with Gasteiger partial charge in [-0.25, -0.2) is 0 Å². The van der Waals surface area contributed by atoms with E-state index in [1.165, 1.54) is 0 Å². The molecule has 11 heavy (non-hydrogen) atoms. The van der Waals surface area contributed by atoms with Crippen LogP contribution in [0.3, 0.4) is 0 Å². The van der Waals surface area contributed by atoms with Crippen molar-refractivity contribution in [3.8, 4) is 5.75 Å². The Bertz CT molecular complexity index is 214. The number of benzene rings is 1. The SMILES string of the molecule is C=Cc1ccc(OC)cc1.O. The summed E-state index contributed by atoms with van der Waals surface area (Å²) in [4.78, 5) is 0. The van der Waals surface area contributed by atoms with Crippen molar-refractivity contribution in [1.29, 1.82) is 0 Å². The fraction of sp³-hybridized carbons (Fsp3) is 0.111. The Morgan fingerprint density at radius 3 is 2.18 bits per heavy atom. The molecule has 0 aromatic heterocycles. The molecule has 0 aliphatic rings. The lowest BCUT2D eigenvalue weighted by atomic mass is 10.2. The monoisotopic (exact) mass is 152 g/mol. The molecule has 0 atom stereocenters. The van der Waals surface area contributed by atoms with E-state index in [2.05, 4.69) is 6.58 Å². The highest BCUT2D eigenvalue weighted by Crippen LogP contribution is 2.11. The molecule has 1 rings (SSSR count). The van der Waals surface area contributed by atoms with Crippen molar-refractivity contribution in [3.63, 3.8) is 0 Å². The van der Waals surface area contributed by atoms with Crippen LogP contribution in [0.4, 0.5) is 0 Å². The molecule has 1 aromatic rings. The molecule has 0 fully saturated rings. The number of hydrogen-bond acceptors (Lipinski definition) is 1. The van der Waals surface area contributed by atoms with Crippen molar-refractivity contribution in [2.75, 3.05) is 7.11 Å². The zero-order valence-electron chi connectivity index (χ0n) is 6.50. The van der Waals surface area contributed by atoms with Crippen molar-refractivity contribution in [2.24, 2.45) is 0 Å². The van der Waals surface area contributed by atoms with Gasteiger partial charge in [0.25, 0.3) is 0 Å². The van der Waals surface area contributed by atoms with E-state index in [-0.39, 0.29) is 5.48 Å². The van der Waals surface area contributed by atoms with Crippen LogP contribution >= 0.6 is 0 Å². The lowest BCUT2D eigenvalue weighted by molar-refractivity contribution is 0.415. The zero-order chi connectivity index (χ0) is 7.40. The van der Waals surface area contributed by atoms with E-state index < -0.39 is 0 Å². The standard InChI is InChI=1S/C9H10O.H2O/c1-3-8-4-6-9(10-2)7-5-8;/h3-7H,1H2,2H3;1H2. The lowest BCUT2D eigenvalue weighted by Gasteiger charge is -1.97. The maximum Gasteiger partial charge on any atom is 0.118 e. The maximum atomic E-state index is 4.98. The van der Waals surface area contributed by atoms with E-state index in [0.29, 0.717) is 0 Å². The molecule has 0 aliphatic carbocycles. The first-order chi connectivity index (χ1) is 4.86. The van der Waals surface area contributed by atoms with E-state index in [0.717, 1.165) is 11.3 Å². The molecule has 2 nitrogen and oxygen atoms in total. The highest BCUT2D eigenvalue weighted by Gasteiger charge is 1.87. The normalized spacial score (nSPS) is 8.09. The van der Waals surface area contributed by atoms with Crippen LogP contribution in [0.2, 0.25) is 0 Å². The van der Waals surface area contributed by atoms with Crippen LogP contribution in [0.1, 0.15) is 5.56 Å². The van der Waals surface area contributed by atoms with Crippen LogP contribution in [0.5, 0.6) is 5.75 Å². The summed E-state index contributed by atoms with van der Waals surface area (Å²) < 4.78 is 4.98. The summed E-state index contributed by atoms with van der Waals surface area (Å²) in [6.45, 7) is 3.65. The minimum Gasteiger partial charge on any atom is -0.497 e. The quantitative estimate of drug-likeness (QED) is 0.633. The van der Waals surface area contributed by atoms with E-state index in [9.17, 15) is 0 Å². The summed E-state index contributed by atoms with van der Waals surface area (Å²) in [5.41, 5.74) is 1.11. The minimum absolute atomic E-state index is 0. The van der Waals surface area contributed by atoms with Gasteiger partial charge in [0.05, 0.1) is 7.11 Å². The van der Waals surface area contributed by atoms with Gasteiger partial charge in [0.1, 0.15) is 5.75 Å². The number of methoxy groups -OCH3 is 1. The first-order valence-electron chi connectivity index (χ1n) is 3.13. The van der Waals surface area contributed by atoms with Gasteiger partial charge in [-0.1, -0.05) is 24.8 Å². The lowest BCUT2D eigenvalue weighted by Crippen LogP contribution is -1.80. The van der Waals surface area contributed by atoms with Crippen LogP contribution in [0, 0.1) is 0 Å². The first kappa shape index (κ1) is 9.72. The van der Waals surface area contributed by atoms with E-state index in [1.807, 2.05) is 24.3 Å². The Labute approximate surface area is 66.4 Å². The summed E-state index contributed by atoms with van der Waals surface area (Å²) in [6, 6.07) is 7.76. The molecule has 60 valence electrons. The smallest absolute Gasteiger partial charge is 0.118 e. The van der Waals surface area contributed by atoms with Crippen molar-refractivity contribution in [2.45, 2.75) is 0 Å². The highest BCUT2D eigenvalue weighted by molar-refractivity contribution is 5.48. The molecule has 0 amide bonds. The highest BCUT2D eigenvalue weighted by atomic mass is 16.5. The third-order valence-electron chi connectivity index (χ3n) is 1.35. The van der Waals surface area contributed by atoms with Gasteiger partial charge in [0.2, 0.25) is 0 Å². The summed E-state index contributed by atoms with van der Waals surface area (Å²) >= 11 is 0. The molecule has 2 heteroatoms. The molecule has 0 saturated heterocycles. The van der Waals surface area contributed by atoms with Gasteiger partial charge in [-0.05, 0) is 17.7 Å². The van der Waals surface area contributed by atoms with Gasteiger partial charge < -0.3 is 10.2 Å². The second-order valence-corrected chi connectivity index (χ2v) is 1.98. The van der Waals surface area contributed by atoms with Gasteiger partial charge in [-0.2, -0.15) is 0 Å². The van der Waals surface area contributed by atoms with Crippen LogP contribution in [-0.4, -0.2) is 12.6 Å². The fourth-order valence-electron chi connectivity index (χ4n) is 0.740. The molecule has 0 bridgehead atoms. The molecule has 0 unspecified atom stereocenters. The predicted molar refractivity (Wildman–Crippen MR) is 46.7 cm³/mol. The Morgan fingerprint density at radius 1 is 1.27 bits per heavy atom. The van der Waals surface area contributed by atoms with Crippen LogP contribution in [0.25, 0.3) is 6.08 Å². The van der Waals surface area contributed by atoms with E-state index in [1.54, 1.807) is 13.2 Å². The Balaban J connectivity index is 0.000001000. The second-order valence-electron chi connectivity index (χ2n) is 1.98. The fourth-order valence-corrected chi connectivity index (χ4v) is 0.740. The third kappa shape index (κ3) is 2.43.